The number of aryl methyl sites for hydroxylation is 1. The van der Waals surface area contributed by atoms with Gasteiger partial charge in [-0.2, -0.15) is 0 Å². The third kappa shape index (κ3) is 6.22. The minimum Gasteiger partial charge on any atom is -0.355 e. The van der Waals surface area contributed by atoms with Crippen molar-refractivity contribution in [3.8, 4) is 0 Å². The molecule has 2 aromatic carbocycles. The van der Waals surface area contributed by atoms with E-state index in [4.69, 9.17) is 11.6 Å². The fourth-order valence-corrected chi connectivity index (χ4v) is 3.99. The Morgan fingerprint density at radius 1 is 1.06 bits per heavy atom. The van der Waals surface area contributed by atoms with Crippen molar-refractivity contribution < 1.29 is 9.59 Å². The molecule has 0 saturated heterocycles. The number of hydrazine groups is 1. The van der Waals surface area contributed by atoms with Gasteiger partial charge in [0.1, 0.15) is 0 Å². The zero-order chi connectivity index (χ0) is 23.1. The zero-order valence-electron chi connectivity index (χ0n) is 19.0. The average Bonchev–Trinajstić information content (AvgIpc) is 3.21. The van der Waals surface area contributed by atoms with Crippen LogP contribution in [-0.4, -0.2) is 62.1 Å². The summed E-state index contributed by atoms with van der Waals surface area (Å²) in [5, 5.41) is 10.3. The summed E-state index contributed by atoms with van der Waals surface area (Å²) in [5.41, 5.74) is 4.21. The Labute approximate surface area is 195 Å². The number of carbonyl (C=O) groups excluding carboxylic acids is 2. The van der Waals surface area contributed by atoms with Gasteiger partial charge in [0.2, 0.25) is 5.91 Å². The molecule has 0 saturated carbocycles. The van der Waals surface area contributed by atoms with E-state index in [1.165, 1.54) is 11.1 Å². The number of carbonyl (C=O) groups is 2. The maximum Gasteiger partial charge on any atom is 0.256 e. The monoisotopic (exact) mass is 457 g/mol. The molecule has 3 rings (SSSR count). The summed E-state index contributed by atoms with van der Waals surface area (Å²) in [6.07, 6.45) is 0.843. The molecular weight excluding hydrogens is 426 g/mol. The molecule has 2 N–H and O–H groups in total. The van der Waals surface area contributed by atoms with Crippen LogP contribution in [0.25, 0.3) is 0 Å². The van der Waals surface area contributed by atoms with Crippen molar-refractivity contribution >= 4 is 29.1 Å². The lowest BCUT2D eigenvalue weighted by atomic mass is 10.1. The standard InChI is InChI=1S/C24H32ClN5O2/c1-18-9-10-21(25)13-22(18)29(16-23(31)27-12-6-11-26-2)17-24(32)28(3)30-14-19-7-4-5-8-20(19)15-30/h4-5,7-10,13,26H,6,11-12,14-17H2,1-3H3,(H,27,31). The molecule has 0 aromatic heterocycles. The quantitative estimate of drug-likeness (QED) is 0.537. The normalized spacial score (nSPS) is 13.0. The maximum atomic E-state index is 13.2. The summed E-state index contributed by atoms with van der Waals surface area (Å²) in [5.74, 6) is -0.204. The molecule has 7 nitrogen and oxygen atoms in total. The second-order valence-electron chi connectivity index (χ2n) is 8.10. The highest BCUT2D eigenvalue weighted by Gasteiger charge is 2.27. The predicted molar refractivity (Wildman–Crippen MR) is 128 cm³/mol. The summed E-state index contributed by atoms with van der Waals surface area (Å²) in [6.45, 7) is 4.92. The molecule has 172 valence electrons. The Hall–Kier alpha value is -2.61. The highest BCUT2D eigenvalue weighted by Crippen LogP contribution is 2.26. The minimum atomic E-state index is -0.121. The van der Waals surface area contributed by atoms with Gasteiger partial charge in [-0.3, -0.25) is 14.6 Å². The molecule has 2 amide bonds. The van der Waals surface area contributed by atoms with E-state index in [1.807, 2.05) is 49.3 Å². The van der Waals surface area contributed by atoms with Gasteiger partial charge >= 0.3 is 0 Å². The SMILES string of the molecule is CNCCCNC(=O)CN(CC(=O)N(C)N1Cc2ccccc2C1)c1cc(Cl)ccc1C. The number of halogens is 1. The van der Waals surface area contributed by atoms with Crippen molar-refractivity contribution in [2.24, 2.45) is 0 Å². The van der Waals surface area contributed by atoms with Crippen molar-refractivity contribution in [3.63, 3.8) is 0 Å². The molecule has 1 heterocycles. The first kappa shape index (κ1) is 24.0. The van der Waals surface area contributed by atoms with E-state index in [0.29, 0.717) is 24.7 Å². The summed E-state index contributed by atoms with van der Waals surface area (Å²) >= 11 is 6.23. The average molecular weight is 458 g/mol. The predicted octanol–water partition coefficient (Wildman–Crippen LogP) is 2.57. The Morgan fingerprint density at radius 3 is 2.41 bits per heavy atom. The van der Waals surface area contributed by atoms with E-state index >= 15 is 0 Å². The third-order valence-electron chi connectivity index (χ3n) is 5.71. The van der Waals surface area contributed by atoms with Crippen LogP contribution in [0.3, 0.4) is 0 Å². The van der Waals surface area contributed by atoms with Gasteiger partial charge < -0.3 is 15.5 Å². The van der Waals surface area contributed by atoms with E-state index in [-0.39, 0.29) is 24.9 Å². The number of nitrogens with zero attached hydrogens (tertiary/aromatic N) is 3. The van der Waals surface area contributed by atoms with Gasteiger partial charge in [-0.25, -0.2) is 5.01 Å². The molecule has 1 aliphatic rings. The maximum absolute atomic E-state index is 13.2. The van der Waals surface area contributed by atoms with E-state index in [1.54, 1.807) is 17.0 Å². The van der Waals surface area contributed by atoms with Crippen LogP contribution < -0.4 is 15.5 Å². The van der Waals surface area contributed by atoms with Crippen molar-refractivity contribution in [3.05, 3.63) is 64.2 Å². The van der Waals surface area contributed by atoms with Crippen LogP contribution in [0.15, 0.2) is 42.5 Å². The molecular formula is C24H32ClN5O2. The second-order valence-corrected chi connectivity index (χ2v) is 8.54. The molecule has 1 aliphatic heterocycles. The fraction of sp³-hybridized carbons (Fsp3) is 0.417. The Kier molecular flexibility index (Phi) is 8.50. The van der Waals surface area contributed by atoms with Gasteiger partial charge in [0.25, 0.3) is 5.91 Å². The van der Waals surface area contributed by atoms with Crippen LogP contribution in [0.5, 0.6) is 0 Å². The van der Waals surface area contributed by atoms with Crippen LogP contribution >= 0.6 is 11.6 Å². The molecule has 0 unspecified atom stereocenters. The zero-order valence-corrected chi connectivity index (χ0v) is 19.8. The van der Waals surface area contributed by atoms with E-state index in [0.717, 1.165) is 24.2 Å². The number of rotatable bonds is 10. The number of amides is 2. The number of nitrogens with one attached hydrogen (secondary N) is 2. The number of benzene rings is 2. The first-order chi connectivity index (χ1) is 15.4. The van der Waals surface area contributed by atoms with Gasteiger partial charge in [0.15, 0.2) is 0 Å². The van der Waals surface area contributed by atoms with E-state index in [2.05, 4.69) is 22.8 Å². The number of fused-ring (bicyclic) bond motifs is 1. The summed E-state index contributed by atoms with van der Waals surface area (Å²) in [6, 6.07) is 13.7. The summed E-state index contributed by atoms with van der Waals surface area (Å²) < 4.78 is 0. The van der Waals surface area contributed by atoms with Crippen molar-refractivity contribution in [2.75, 3.05) is 45.2 Å². The first-order valence-corrected chi connectivity index (χ1v) is 11.3. The van der Waals surface area contributed by atoms with Gasteiger partial charge in [-0.15, -0.1) is 0 Å². The summed E-state index contributed by atoms with van der Waals surface area (Å²) in [7, 11) is 3.67. The largest absolute Gasteiger partial charge is 0.355 e. The first-order valence-electron chi connectivity index (χ1n) is 10.9. The lowest BCUT2D eigenvalue weighted by Crippen LogP contribution is -2.48. The highest BCUT2D eigenvalue weighted by molar-refractivity contribution is 6.30. The molecule has 0 radical (unpaired) electrons. The number of likely N-dealkylation sites (N-methyl/N-ethyl adjacent to an activating group) is 1. The molecule has 0 bridgehead atoms. The fourth-order valence-electron chi connectivity index (χ4n) is 3.82. The molecule has 8 heteroatoms. The molecule has 0 fully saturated rings. The second kappa shape index (κ2) is 11.3. The van der Waals surface area contributed by atoms with Crippen LogP contribution in [0.2, 0.25) is 5.02 Å². The molecule has 0 aliphatic carbocycles. The summed E-state index contributed by atoms with van der Waals surface area (Å²) in [4.78, 5) is 27.6. The smallest absolute Gasteiger partial charge is 0.256 e. The van der Waals surface area contributed by atoms with Gasteiger partial charge in [0.05, 0.1) is 13.1 Å². The van der Waals surface area contributed by atoms with Crippen LogP contribution in [0, 0.1) is 6.92 Å². The highest BCUT2D eigenvalue weighted by atomic mass is 35.5. The van der Waals surface area contributed by atoms with Gasteiger partial charge in [0, 0.05) is 37.4 Å². The Morgan fingerprint density at radius 2 is 1.75 bits per heavy atom. The molecule has 0 atom stereocenters. The number of hydrogen-bond acceptors (Lipinski definition) is 5. The van der Waals surface area contributed by atoms with Crippen LogP contribution in [-0.2, 0) is 22.7 Å². The topological polar surface area (TPSA) is 67.9 Å². The Balaban J connectivity index is 1.69. The van der Waals surface area contributed by atoms with Crippen molar-refractivity contribution in [1.29, 1.82) is 0 Å². The van der Waals surface area contributed by atoms with E-state index in [9.17, 15) is 9.59 Å². The number of anilines is 1. The van der Waals surface area contributed by atoms with Crippen LogP contribution in [0.1, 0.15) is 23.1 Å². The minimum absolute atomic E-state index is 0.0778. The Bertz CT molecular complexity index is 927. The van der Waals surface area contributed by atoms with E-state index < -0.39 is 0 Å². The number of hydrogen-bond donors (Lipinski definition) is 2. The van der Waals surface area contributed by atoms with Crippen molar-refractivity contribution in [2.45, 2.75) is 26.4 Å². The van der Waals surface area contributed by atoms with Crippen LogP contribution in [0.4, 0.5) is 5.69 Å². The van der Waals surface area contributed by atoms with Gasteiger partial charge in [-0.1, -0.05) is 41.9 Å². The lowest BCUT2D eigenvalue weighted by molar-refractivity contribution is -0.145. The van der Waals surface area contributed by atoms with Crippen molar-refractivity contribution in [1.82, 2.24) is 20.7 Å². The lowest BCUT2D eigenvalue weighted by Gasteiger charge is -2.32. The van der Waals surface area contributed by atoms with Gasteiger partial charge in [-0.05, 0) is 55.8 Å². The molecule has 0 spiro atoms. The molecule has 2 aromatic rings. The third-order valence-corrected chi connectivity index (χ3v) is 5.94. The molecule has 32 heavy (non-hydrogen) atoms.